The lowest BCUT2D eigenvalue weighted by Gasteiger charge is -2.23. The number of sulfonamides is 1. The number of nitrogens with zero attached hydrogens (tertiary/aromatic N) is 1. The summed E-state index contributed by atoms with van der Waals surface area (Å²) in [5.74, 6) is 0. The molecule has 18 heavy (non-hydrogen) atoms. The Kier molecular flexibility index (Phi) is 5.37. The largest absolute Gasteiger partial charge is 0.363 e. The first kappa shape index (κ1) is 15.2. The van der Waals surface area contributed by atoms with Crippen molar-refractivity contribution in [2.75, 3.05) is 14.1 Å². The fourth-order valence-corrected chi connectivity index (χ4v) is 3.27. The minimum absolute atomic E-state index is 0.0163. The van der Waals surface area contributed by atoms with Gasteiger partial charge in [-0.25, -0.2) is 8.42 Å². The average Bonchev–Trinajstić information content (AvgIpc) is 2.78. The lowest BCUT2D eigenvalue weighted by molar-refractivity contribution is 0.369. The van der Waals surface area contributed by atoms with Crippen LogP contribution in [0.1, 0.15) is 32.4 Å². The van der Waals surface area contributed by atoms with Gasteiger partial charge in [-0.15, -0.1) is 0 Å². The van der Waals surface area contributed by atoms with Crippen LogP contribution in [0.3, 0.4) is 0 Å². The van der Waals surface area contributed by atoms with Gasteiger partial charge >= 0.3 is 0 Å². The summed E-state index contributed by atoms with van der Waals surface area (Å²) in [5.41, 5.74) is 0.868. The van der Waals surface area contributed by atoms with Crippen molar-refractivity contribution in [3.05, 3.63) is 18.0 Å². The van der Waals surface area contributed by atoms with Crippen LogP contribution in [0.15, 0.2) is 17.2 Å². The summed E-state index contributed by atoms with van der Waals surface area (Å²) in [5, 5.41) is 2.98. The lowest BCUT2D eigenvalue weighted by Crippen LogP contribution is -2.34. The second-order valence-electron chi connectivity index (χ2n) is 4.55. The van der Waals surface area contributed by atoms with E-state index in [0.717, 1.165) is 18.5 Å². The molecule has 0 saturated heterocycles. The van der Waals surface area contributed by atoms with Crippen molar-refractivity contribution in [3.63, 3.8) is 0 Å². The summed E-state index contributed by atoms with van der Waals surface area (Å²) in [6.07, 6.45) is 3.39. The molecule has 6 heteroatoms. The Bertz CT molecular complexity index is 467. The molecule has 0 aliphatic rings. The highest BCUT2D eigenvalue weighted by molar-refractivity contribution is 7.89. The van der Waals surface area contributed by atoms with Crippen molar-refractivity contribution >= 4 is 10.0 Å². The molecule has 0 aromatic carbocycles. The van der Waals surface area contributed by atoms with E-state index in [4.69, 9.17) is 0 Å². The van der Waals surface area contributed by atoms with Gasteiger partial charge in [0.15, 0.2) is 0 Å². The Morgan fingerprint density at radius 1 is 1.50 bits per heavy atom. The van der Waals surface area contributed by atoms with Gasteiger partial charge in [0, 0.05) is 31.5 Å². The van der Waals surface area contributed by atoms with Crippen LogP contribution in [0.25, 0.3) is 0 Å². The molecule has 0 bridgehead atoms. The molecule has 1 unspecified atom stereocenters. The van der Waals surface area contributed by atoms with Crippen LogP contribution in [-0.4, -0.2) is 37.8 Å². The maximum atomic E-state index is 12.4. The predicted molar refractivity (Wildman–Crippen MR) is 72.9 cm³/mol. The zero-order valence-electron chi connectivity index (χ0n) is 11.5. The van der Waals surface area contributed by atoms with Crippen molar-refractivity contribution in [1.82, 2.24) is 14.6 Å². The van der Waals surface area contributed by atoms with Gasteiger partial charge < -0.3 is 10.3 Å². The fraction of sp³-hybridized carbons (Fsp3) is 0.667. The molecule has 0 spiro atoms. The second kappa shape index (κ2) is 6.36. The third-order valence-electron chi connectivity index (χ3n) is 3.09. The molecule has 0 aliphatic heterocycles. The predicted octanol–water partition coefficient (Wildman–Crippen LogP) is 1.54. The Morgan fingerprint density at radius 2 is 2.17 bits per heavy atom. The Labute approximate surface area is 110 Å². The summed E-state index contributed by atoms with van der Waals surface area (Å²) in [4.78, 5) is 3.30. The minimum atomic E-state index is -3.38. The highest BCUT2D eigenvalue weighted by atomic mass is 32.2. The summed E-state index contributed by atoms with van der Waals surface area (Å²) < 4.78 is 26.2. The van der Waals surface area contributed by atoms with E-state index in [0.29, 0.717) is 11.4 Å². The summed E-state index contributed by atoms with van der Waals surface area (Å²) in [6.45, 7) is 4.62. The molecular formula is C12H23N3O2S. The molecule has 1 aromatic heterocycles. The quantitative estimate of drug-likeness (QED) is 0.792. The topological polar surface area (TPSA) is 65.2 Å². The molecule has 5 nitrogen and oxygen atoms in total. The number of rotatable bonds is 7. The first-order chi connectivity index (χ1) is 8.43. The van der Waals surface area contributed by atoms with E-state index in [1.54, 1.807) is 19.3 Å². The number of hydrogen-bond acceptors (Lipinski definition) is 3. The van der Waals surface area contributed by atoms with E-state index in [1.807, 2.05) is 14.0 Å². The molecule has 0 saturated carbocycles. The minimum Gasteiger partial charge on any atom is -0.363 e. The highest BCUT2D eigenvalue weighted by Crippen LogP contribution is 2.19. The highest BCUT2D eigenvalue weighted by Gasteiger charge is 2.25. The number of nitrogens with one attached hydrogen (secondary N) is 2. The maximum Gasteiger partial charge on any atom is 0.244 e. The van der Waals surface area contributed by atoms with Crippen LogP contribution in [0.4, 0.5) is 0 Å². The second-order valence-corrected chi connectivity index (χ2v) is 6.55. The van der Waals surface area contributed by atoms with E-state index in [-0.39, 0.29) is 6.04 Å². The Balaban J connectivity index is 2.90. The third kappa shape index (κ3) is 3.34. The van der Waals surface area contributed by atoms with Gasteiger partial charge in [0.05, 0.1) is 4.90 Å². The first-order valence-corrected chi connectivity index (χ1v) is 7.67. The molecule has 104 valence electrons. The average molecular weight is 273 g/mol. The molecule has 0 fully saturated rings. The Morgan fingerprint density at radius 3 is 2.72 bits per heavy atom. The number of hydrogen-bond donors (Lipinski definition) is 2. The molecule has 0 aliphatic carbocycles. The monoisotopic (exact) mass is 273 g/mol. The number of H-pyrrole nitrogens is 1. The molecule has 1 heterocycles. The first-order valence-electron chi connectivity index (χ1n) is 6.23. The normalized spacial score (nSPS) is 14.1. The van der Waals surface area contributed by atoms with Crippen molar-refractivity contribution in [3.8, 4) is 0 Å². The van der Waals surface area contributed by atoms with Crippen LogP contribution in [0, 0.1) is 0 Å². The van der Waals surface area contributed by atoms with Gasteiger partial charge in [0.1, 0.15) is 0 Å². The molecule has 0 radical (unpaired) electrons. The van der Waals surface area contributed by atoms with Crippen molar-refractivity contribution in [2.24, 2.45) is 0 Å². The van der Waals surface area contributed by atoms with Crippen LogP contribution < -0.4 is 5.32 Å². The van der Waals surface area contributed by atoms with Crippen LogP contribution >= 0.6 is 0 Å². The molecule has 2 N–H and O–H groups in total. The van der Waals surface area contributed by atoms with Crippen LogP contribution in [-0.2, 0) is 16.6 Å². The van der Waals surface area contributed by atoms with E-state index in [9.17, 15) is 8.42 Å². The van der Waals surface area contributed by atoms with Crippen molar-refractivity contribution in [1.29, 1.82) is 0 Å². The molecule has 1 atom stereocenters. The van der Waals surface area contributed by atoms with E-state index in [1.165, 1.54) is 4.31 Å². The third-order valence-corrected chi connectivity index (χ3v) is 5.04. The fourth-order valence-electron chi connectivity index (χ4n) is 1.86. The molecular weight excluding hydrogens is 250 g/mol. The molecule has 1 aromatic rings. The Hall–Kier alpha value is -0.850. The number of aromatic nitrogens is 1. The lowest BCUT2D eigenvalue weighted by atomic mass is 10.2. The van der Waals surface area contributed by atoms with E-state index >= 15 is 0 Å². The van der Waals surface area contributed by atoms with Crippen LogP contribution in [0.5, 0.6) is 0 Å². The van der Waals surface area contributed by atoms with Gasteiger partial charge in [0.2, 0.25) is 10.0 Å². The number of aromatic amines is 1. The van der Waals surface area contributed by atoms with Gasteiger partial charge in [-0.2, -0.15) is 4.31 Å². The van der Waals surface area contributed by atoms with Crippen molar-refractivity contribution in [2.45, 2.75) is 44.2 Å². The summed E-state index contributed by atoms with van der Waals surface area (Å²) in [6, 6.07) is 1.70. The maximum absolute atomic E-state index is 12.4. The van der Waals surface area contributed by atoms with Gasteiger partial charge in [-0.05, 0) is 26.5 Å². The zero-order chi connectivity index (χ0) is 13.8. The van der Waals surface area contributed by atoms with E-state index < -0.39 is 10.0 Å². The molecule has 1 rings (SSSR count). The molecule has 0 amide bonds. The van der Waals surface area contributed by atoms with Crippen LogP contribution in [0.2, 0.25) is 0 Å². The van der Waals surface area contributed by atoms with Gasteiger partial charge in [-0.1, -0.05) is 13.3 Å². The standard InChI is InChI=1S/C12H23N3O2S/c1-5-6-10(2)15(4)18(16,17)12-7-11(8-13-3)14-9-12/h7,9-10,13-14H,5-6,8H2,1-4H3. The summed E-state index contributed by atoms with van der Waals surface area (Å²) in [7, 11) is 0.0796. The zero-order valence-corrected chi connectivity index (χ0v) is 12.3. The SMILES string of the molecule is CCCC(C)N(C)S(=O)(=O)c1c[nH]c(CNC)c1. The smallest absolute Gasteiger partial charge is 0.244 e. The van der Waals surface area contributed by atoms with E-state index in [2.05, 4.69) is 17.2 Å². The summed E-state index contributed by atoms with van der Waals surface area (Å²) >= 11 is 0. The van der Waals surface area contributed by atoms with Gasteiger partial charge in [-0.3, -0.25) is 0 Å². The van der Waals surface area contributed by atoms with Crippen molar-refractivity contribution < 1.29 is 8.42 Å². The van der Waals surface area contributed by atoms with Gasteiger partial charge in [0.25, 0.3) is 0 Å².